The van der Waals surface area contributed by atoms with Crippen molar-refractivity contribution in [3.63, 3.8) is 0 Å². The Bertz CT molecular complexity index is 390. The number of halogens is 1. The summed E-state index contributed by atoms with van der Waals surface area (Å²) in [5.41, 5.74) is 2.44. The van der Waals surface area contributed by atoms with E-state index >= 15 is 0 Å². The second-order valence-corrected chi connectivity index (χ2v) is 6.37. The van der Waals surface area contributed by atoms with Crippen LogP contribution < -0.4 is 10.2 Å². The number of benzene rings is 1. The van der Waals surface area contributed by atoms with Gasteiger partial charge in [-0.25, -0.2) is 0 Å². The Kier molecular flexibility index (Phi) is 8.19. The van der Waals surface area contributed by atoms with Gasteiger partial charge in [-0.15, -0.1) is 0 Å². The lowest BCUT2D eigenvalue weighted by Crippen LogP contribution is -2.27. The van der Waals surface area contributed by atoms with E-state index in [0.29, 0.717) is 12.5 Å². The van der Waals surface area contributed by atoms with Crippen molar-refractivity contribution in [2.24, 2.45) is 5.92 Å². The van der Waals surface area contributed by atoms with Gasteiger partial charge < -0.3 is 15.3 Å². The van der Waals surface area contributed by atoms with E-state index in [1.54, 1.807) is 0 Å². The molecule has 0 aromatic heterocycles. The lowest BCUT2D eigenvalue weighted by atomic mass is 10.1. The van der Waals surface area contributed by atoms with Crippen molar-refractivity contribution in [3.8, 4) is 0 Å². The molecule has 0 spiro atoms. The van der Waals surface area contributed by atoms with Crippen molar-refractivity contribution in [3.05, 3.63) is 28.2 Å². The van der Waals surface area contributed by atoms with Crippen LogP contribution in [-0.4, -0.2) is 31.3 Å². The van der Waals surface area contributed by atoms with Crippen LogP contribution >= 0.6 is 15.9 Å². The molecule has 0 aliphatic heterocycles. The average Bonchev–Trinajstić information content (AvgIpc) is 2.40. The Morgan fingerprint density at radius 1 is 1.30 bits per heavy atom. The van der Waals surface area contributed by atoms with Crippen LogP contribution in [-0.2, 0) is 6.54 Å². The van der Waals surface area contributed by atoms with E-state index in [0.717, 1.165) is 30.5 Å². The van der Waals surface area contributed by atoms with Gasteiger partial charge in [-0.05, 0) is 36.6 Å². The van der Waals surface area contributed by atoms with Gasteiger partial charge in [0.2, 0.25) is 0 Å². The molecule has 2 N–H and O–H groups in total. The molecule has 0 radical (unpaired) electrons. The summed E-state index contributed by atoms with van der Waals surface area (Å²) in [5, 5.41) is 12.6. The first-order valence-electron chi connectivity index (χ1n) is 7.43. The van der Waals surface area contributed by atoms with Gasteiger partial charge in [-0.3, -0.25) is 0 Å². The molecule has 1 rings (SSSR count). The van der Waals surface area contributed by atoms with Crippen LogP contribution in [0.1, 0.15) is 32.8 Å². The average molecular weight is 343 g/mol. The highest BCUT2D eigenvalue weighted by atomic mass is 79.9. The van der Waals surface area contributed by atoms with Crippen LogP contribution in [0.4, 0.5) is 5.69 Å². The number of nitrogens with zero attached hydrogens (tertiary/aromatic N) is 1. The van der Waals surface area contributed by atoms with Crippen LogP contribution in [0.5, 0.6) is 0 Å². The number of rotatable bonds is 9. The first kappa shape index (κ1) is 17.5. The summed E-state index contributed by atoms with van der Waals surface area (Å²) in [6.07, 6.45) is 1.08. The second kappa shape index (κ2) is 9.37. The molecule has 1 aromatic rings. The Morgan fingerprint density at radius 2 is 2.05 bits per heavy atom. The highest BCUT2D eigenvalue weighted by Crippen LogP contribution is 2.24. The van der Waals surface area contributed by atoms with Crippen LogP contribution in [0.2, 0.25) is 0 Å². The van der Waals surface area contributed by atoms with Crippen LogP contribution in [0.3, 0.4) is 0 Å². The van der Waals surface area contributed by atoms with Crippen LogP contribution in [0.25, 0.3) is 0 Å². The molecular formula is C16H27BrN2O. The number of aliphatic hydroxyl groups is 1. The fourth-order valence-electron chi connectivity index (χ4n) is 2.13. The van der Waals surface area contributed by atoms with E-state index in [1.807, 2.05) is 0 Å². The maximum Gasteiger partial charge on any atom is 0.0606 e. The smallest absolute Gasteiger partial charge is 0.0606 e. The van der Waals surface area contributed by atoms with E-state index in [9.17, 15) is 0 Å². The molecule has 1 aromatic carbocycles. The third-order valence-corrected chi connectivity index (χ3v) is 3.87. The van der Waals surface area contributed by atoms with Crippen molar-refractivity contribution in [1.82, 2.24) is 5.32 Å². The molecule has 4 heteroatoms. The quantitative estimate of drug-likeness (QED) is 0.721. The maximum absolute atomic E-state index is 9.15. The van der Waals surface area contributed by atoms with Gasteiger partial charge in [-0.1, -0.05) is 42.8 Å². The molecule has 0 heterocycles. The monoisotopic (exact) mass is 342 g/mol. The molecule has 0 bridgehead atoms. The summed E-state index contributed by atoms with van der Waals surface area (Å²) in [6.45, 7) is 10.3. The second-order valence-electron chi connectivity index (χ2n) is 5.51. The summed E-state index contributed by atoms with van der Waals surface area (Å²) in [5.74, 6) is 0.664. The van der Waals surface area contributed by atoms with Crippen LogP contribution in [0, 0.1) is 5.92 Å². The minimum Gasteiger partial charge on any atom is -0.395 e. The molecule has 114 valence electrons. The lowest BCUT2D eigenvalue weighted by molar-refractivity contribution is 0.302. The summed E-state index contributed by atoms with van der Waals surface area (Å²) < 4.78 is 1.13. The maximum atomic E-state index is 9.15. The minimum atomic E-state index is 0.190. The van der Waals surface area contributed by atoms with Crippen molar-refractivity contribution in [2.75, 3.05) is 31.1 Å². The first-order valence-corrected chi connectivity index (χ1v) is 8.22. The summed E-state index contributed by atoms with van der Waals surface area (Å²) in [6, 6.07) is 6.45. The number of hydrogen-bond acceptors (Lipinski definition) is 3. The molecule has 0 aliphatic rings. The predicted octanol–water partition coefficient (Wildman–Crippen LogP) is 3.40. The Morgan fingerprint density at radius 3 is 2.60 bits per heavy atom. The highest BCUT2D eigenvalue weighted by molar-refractivity contribution is 9.10. The zero-order chi connectivity index (χ0) is 15.0. The molecule has 0 amide bonds. The number of anilines is 1. The fourth-order valence-corrected chi connectivity index (χ4v) is 2.64. The third-order valence-electron chi connectivity index (χ3n) is 3.13. The Labute approximate surface area is 131 Å². The predicted molar refractivity (Wildman–Crippen MR) is 90.3 cm³/mol. The number of nitrogens with one attached hydrogen (secondary N) is 1. The van der Waals surface area contributed by atoms with Crippen molar-refractivity contribution < 1.29 is 5.11 Å². The minimum absolute atomic E-state index is 0.190. The summed E-state index contributed by atoms with van der Waals surface area (Å²) >= 11 is 3.66. The van der Waals surface area contributed by atoms with Crippen molar-refractivity contribution in [1.29, 1.82) is 0 Å². The number of aliphatic hydroxyl groups excluding tert-OH is 1. The van der Waals surface area contributed by atoms with Gasteiger partial charge in [0, 0.05) is 29.8 Å². The highest BCUT2D eigenvalue weighted by Gasteiger charge is 2.08. The molecular weight excluding hydrogens is 316 g/mol. The van der Waals surface area contributed by atoms with Gasteiger partial charge in [0.1, 0.15) is 0 Å². The molecule has 0 saturated heterocycles. The normalized spacial score (nSPS) is 11.1. The van der Waals surface area contributed by atoms with E-state index in [1.165, 1.54) is 11.3 Å². The molecule has 0 atom stereocenters. The van der Waals surface area contributed by atoms with E-state index < -0.39 is 0 Å². The van der Waals surface area contributed by atoms with Gasteiger partial charge in [-0.2, -0.15) is 0 Å². The third kappa shape index (κ3) is 5.81. The SMILES string of the molecule is CCCN(CCO)c1ccc(CNCC(C)C)c(Br)c1. The molecule has 3 nitrogen and oxygen atoms in total. The van der Waals surface area contributed by atoms with Crippen molar-refractivity contribution in [2.45, 2.75) is 33.7 Å². The van der Waals surface area contributed by atoms with Gasteiger partial charge in [0.15, 0.2) is 0 Å². The summed E-state index contributed by atoms with van der Waals surface area (Å²) in [7, 11) is 0. The molecule has 0 unspecified atom stereocenters. The zero-order valence-corrected chi connectivity index (χ0v) is 14.4. The largest absolute Gasteiger partial charge is 0.395 e. The Balaban J connectivity index is 2.70. The Hall–Kier alpha value is -0.580. The van der Waals surface area contributed by atoms with E-state index in [4.69, 9.17) is 5.11 Å². The van der Waals surface area contributed by atoms with E-state index in [-0.39, 0.29) is 6.61 Å². The number of hydrogen-bond donors (Lipinski definition) is 2. The van der Waals surface area contributed by atoms with Gasteiger partial charge >= 0.3 is 0 Å². The standard InChI is InChI=1S/C16H27BrN2O/c1-4-7-19(8-9-20)15-6-5-14(16(17)10-15)12-18-11-13(2)3/h5-6,10,13,18,20H,4,7-9,11-12H2,1-3H3. The van der Waals surface area contributed by atoms with Gasteiger partial charge in [0.25, 0.3) is 0 Å². The molecule has 20 heavy (non-hydrogen) atoms. The summed E-state index contributed by atoms with van der Waals surface area (Å²) in [4.78, 5) is 2.22. The topological polar surface area (TPSA) is 35.5 Å². The first-order chi connectivity index (χ1) is 9.58. The lowest BCUT2D eigenvalue weighted by Gasteiger charge is -2.24. The van der Waals surface area contributed by atoms with Gasteiger partial charge in [0.05, 0.1) is 6.61 Å². The molecule has 0 aliphatic carbocycles. The fraction of sp³-hybridized carbons (Fsp3) is 0.625. The van der Waals surface area contributed by atoms with E-state index in [2.05, 4.69) is 65.1 Å². The van der Waals surface area contributed by atoms with Crippen LogP contribution in [0.15, 0.2) is 22.7 Å². The van der Waals surface area contributed by atoms with Crippen molar-refractivity contribution >= 4 is 21.6 Å². The zero-order valence-electron chi connectivity index (χ0n) is 12.8. The molecule has 0 saturated carbocycles. The molecule has 0 fully saturated rings.